The number of rotatable bonds is 3. The van der Waals surface area contributed by atoms with Crippen LogP contribution >= 0.6 is 7.92 Å². The van der Waals surface area contributed by atoms with Crippen LogP contribution in [0.25, 0.3) is 0 Å². The van der Waals surface area contributed by atoms with Crippen LogP contribution in [-0.4, -0.2) is 4.98 Å². The third-order valence-corrected chi connectivity index (χ3v) is 5.74. The van der Waals surface area contributed by atoms with Crippen molar-refractivity contribution in [2.75, 3.05) is 0 Å². The fourth-order valence-electron chi connectivity index (χ4n) is 2.26. The number of hydrogen-bond donors (Lipinski definition) is 0. The number of aryl methyl sites for hydroxylation is 1. The molecule has 0 saturated carbocycles. The molecule has 1 aromatic heterocycles. The van der Waals surface area contributed by atoms with Crippen LogP contribution in [0.4, 0.5) is 0 Å². The topological polar surface area (TPSA) is 12.9 Å². The van der Waals surface area contributed by atoms with E-state index in [1.165, 1.54) is 21.6 Å². The Hall–Kier alpha value is -1.98. The maximum absolute atomic E-state index is 4.66. The first-order chi connectivity index (χ1) is 9.86. The van der Waals surface area contributed by atoms with Gasteiger partial charge in [-0.15, -0.1) is 0 Å². The van der Waals surface area contributed by atoms with Gasteiger partial charge >= 0.3 is 0 Å². The molecule has 0 N–H and O–H groups in total. The summed E-state index contributed by atoms with van der Waals surface area (Å²) in [5, 5.41) is 2.69. The van der Waals surface area contributed by atoms with Gasteiger partial charge in [0.1, 0.15) is 0 Å². The lowest BCUT2D eigenvalue weighted by molar-refractivity contribution is 1.33. The van der Waals surface area contributed by atoms with Crippen molar-refractivity contribution in [2.24, 2.45) is 0 Å². The number of aromatic nitrogens is 1. The number of nitrogens with zero attached hydrogens (tertiary/aromatic N) is 1. The molecule has 0 radical (unpaired) electrons. The minimum atomic E-state index is -0.578. The Balaban J connectivity index is 2.17. The van der Waals surface area contributed by atoms with Gasteiger partial charge in [0.15, 0.2) is 0 Å². The van der Waals surface area contributed by atoms with Gasteiger partial charge in [-0.3, -0.25) is 4.98 Å². The SMILES string of the molecule is Cc1cccnc1P(c1ccccc1)c1ccccc1. The summed E-state index contributed by atoms with van der Waals surface area (Å²) in [4.78, 5) is 4.66. The fourth-order valence-corrected chi connectivity index (χ4v) is 4.60. The molecule has 2 aromatic carbocycles. The molecule has 1 nitrogen and oxygen atoms in total. The Labute approximate surface area is 121 Å². The van der Waals surface area contributed by atoms with E-state index in [0.717, 1.165) is 0 Å². The molecule has 0 aliphatic heterocycles. The van der Waals surface area contributed by atoms with Crippen LogP contribution < -0.4 is 16.0 Å². The highest BCUT2D eigenvalue weighted by molar-refractivity contribution is 7.79. The summed E-state index contributed by atoms with van der Waals surface area (Å²) in [5.41, 5.74) is 2.45. The predicted octanol–water partition coefficient (Wildman–Crippen LogP) is 3.15. The van der Waals surface area contributed by atoms with Crippen LogP contribution in [0.5, 0.6) is 0 Å². The minimum Gasteiger partial charge on any atom is -0.256 e. The fraction of sp³-hybridized carbons (Fsp3) is 0.0556. The van der Waals surface area contributed by atoms with Crippen molar-refractivity contribution in [1.82, 2.24) is 4.98 Å². The van der Waals surface area contributed by atoms with E-state index in [0.29, 0.717) is 0 Å². The van der Waals surface area contributed by atoms with Crippen LogP contribution in [0, 0.1) is 6.92 Å². The molecule has 3 rings (SSSR count). The van der Waals surface area contributed by atoms with E-state index >= 15 is 0 Å². The normalized spacial score (nSPS) is 10.7. The summed E-state index contributed by atoms with van der Waals surface area (Å²) in [7, 11) is -0.578. The van der Waals surface area contributed by atoms with Gasteiger partial charge in [-0.05, 0) is 29.2 Å². The molecule has 20 heavy (non-hydrogen) atoms. The molecular weight excluding hydrogens is 261 g/mol. The third-order valence-electron chi connectivity index (χ3n) is 3.22. The predicted molar refractivity (Wildman–Crippen MR) is 87.7 cm³/mol. The van der Waals surface area contributed by atoms with E-state index in [4.69, 9.17) is 0 Å². The first-order valence-electron chi connectivity index (χ1n) is 6.68. The highest BCUT2D eigenvalue weighted by Crippen LogP contribution is 2.32. The summed E-state index contributed by atoms with van der Waals surface area (Å²) in [6.45, 7) is 2.14. The Kier molecular flexibility index (Phi) is 3.90. The first kappa shape index (κ1) is 13.0. The lowest BCUT2D eigenvalue weighted by atomic mass is 10.3. The first-order valence-corrected chi connectivity index (χ1v) is 8.02. The molecule has 1 heterocycles. The molecule has 0 spiro atoms. The van der Waals surface area contributed by atoms with Gasteiger partial charge in [-0.2, -0.15) is 0 Å². The second-order valence-electron chi connectivity index (χ2n) is 4.65. The summed E-state index contributed by atoms with van der Waals surface area (Å²) in [5.74, 6) is 0. The van der Waals surface area contributed by atoms with Gasteiger partial charge in [0.25, 0.3) is 0 Å². The summed E-state index contributed by atoms with van der Waals surface area (Å²) in [6.07, 6.45) is 1.89. The standard InChI is InChI=1S/C18H16NP/c1-15-9-8-14-19-18(15)20(16-10-4-2-5-11-16)17-12-6-3-7-13-17/h2-14H,1H3. The monoisotopic (exact) mass is 277 g/mol. The average Bonchev–Trinajstić information content (AvgIpc) is 2.52. The number of pyridine rings is 1. The van der Waals surface area contributed by atoms with Gasteiger partial charge in [0, 0.05) is 14.1 Å². The molecular formula is C18H16NP. The van der Waals surface area contributed by atoms with Crippen molar-refractivity contribution in [3.63, 3.8) is 0 Å². The van der Waals surface area contributed by atoms with Crippen LogP contribution in [-0.2, 0) is 0 Å². The zero-order valence-electron chi connectivity index (χ0n) is 11.4. The Morgan fingerprint density at radius 3 is 1.75 bits per heavy atom. The lowest BCUT2D eigenvalue weighted by Gasteiger charge is -2.19. The summed E-state index contributed by atoms with van der Waals surface area (Å²) < 4.78 is 0. The van der Waals surface area contributed by atoms with Crippen LogP contribution in [0.3, 0.4) is 0 Å². The molecule has 0 fully saturated rings. The number of hydrogen-bond acceptors (Lipinski definition) is 1. The molecule has 0 aliphatic rings. The van der Waals surface area contributed by atoms with Crippen molar-refractivity contribution < 1.29 is 0 Å². The molecule has 2 heteroatoms. The zero-order valence-corrected chi connectivity index (χ0v) is 12.3. The molecule has 0 atom stereocenters. The second-order valence-corrected chi connectivity index (χ2v) is 6.78. The second kappa shape index (κ2) is 5.98. The quantitative estimate of drug-likeness (QED) is 0.670. The third kappa shape index (κ3) is 2.64. The van der Waals surface area contributed by atoms with Gasteiger partial charge in [0.05, 0.1) is 5.44 Å². The van der Waals surface area contributed by atoms with Crippen molar-refractivity contribution in [2.45, 2.75) is 6.92 Å². The van der Waals surface area contributed by atoms with Gasteiger partial charge in [-0.1, -0.05) is 66.7 Å². The molecule has 0 aliphatic carbocycles. The van der Waals surface area contributed by atoms with Crippen LogP contribution in [0.2, 0.25) is 0 Å². The lowest BCUT2D eigenvalue weighted by Crippen LogP contribution is -2.24. The maximum Gasteiger partial charge on any atom is 0.0749 e. The highest BCUT2D eigenvalue weighted by atomic mass is 31.1. The van der Waals surface area contributed by atoms with Gasteiger partial charge in [0.2, 0.25) is 0 Å². The molecule has 98 valence electrons. The largest absolute Gasteiger partial charge is 0.256 e. The molecule has 0 amide bonds. The van der Waals surface area contributed by atoms with E-state index in [1.54, 1.807) is 0 Å². The van der Waals surface area contributed by atoms with E-state index in [-0.39, 0.29) is 0 Å². The summed E-state index contributed by atoms with van der Waals surface area (Å²) >= 11 is 0. The smallest absolute Gasteiger partial charge is 0.0749 e. The molecule has 0 saturated heterocycles. The van der Waals surface area contributed by atoms with Crippen molar-refractivity contribution in [3.05, 3.63) is 84.6 Å². The summed E-state index contributed by atoms with van der Waals surface area (Å²) in [6, 6.07) is 25.5. The van der Waals surface area contributed by atoms with Crippen molar-refractivity contribution in [3.8, 4) is 0 Å². The van der Waals surface area contributed by atoms with Crippen molar-refractivity contribution >= 4 is 24.0 Å². The van der Waals surface area contributed by atoms with Crippen LogP contribution in [0.1, 0.15) is 5.56 Å². The minimum absolute atomic E-state index is 0.578. The van der Waals surface area contributed by atoms with E-state index < -0.39 is 7.92 Å². The van der Waals surface area contributed by atoms with Crippen molar-refractivity contribution in [1.29, 1.82) is 0 Å². The highest BCUT2D eigenvalue weighted by Gasteiger charge is 2.18. The number of benzene rings is 2. The van der Waals surface area contributed by atoms with E-state index in [9.17, 15) is 0 Å². The van der Waals surface area contributed by atoms with Gasteiger partial charge in [-0.25, -0.2) is 0 Å². The van der Waals surface area contributed by atoms with Gasteiger partial charge < -0.3 is 0 Å². The zero-order chi connectivity index (χ0) is 13.8. The Morgan fingerprint density at radius 2 is 1.25 bits per heavy atom. The average molecular weight is 277 g/mol. The Morgan fingerprint density at radius 1 is 0.700 bits per heavy atom. The van der Waals surface area contributed by atoms with Crippen LogP contribution in [0.15, 0.2) is 79.0 Å². The van der Waals surface area contributed by atoms with E-state index in [1.807, 2.05) is 12.3 Å². The molecule has 0 bridgehead atoms. The molecule has 3 aromatic rings. The molecule has 0 unspecified atom stereocenters. The maximum atomic E-state index is 4.66. The Bertz CT molecular complexity index is 641. The van der Waals surface area contributed by atoms with E-state index in [2.05, 4.69) is 78.6 Å².